The third-order valence-corrected chi connectivity index (χ3v) is 7.86. The number of halogens is 1. The molecular weight excluding hydrogens is 370 g/mol. The third-order valence-electron chi connectivity index (χ3n) is 7.55. The zero-order valence-electron chi connectivity index (χ0n) is 16.5. The number of ether oxygens (including phenoxy) is 1. The Bertz CT molecular complexity index is 731. The number of rotatable bonds is 5. The minimum atomic E-state index is -0.00581. The Hall–Kier alpha value is -1.53. The lowest BCUT2D eigenvalue weighted by Crippen LogP contribution is -2.41. The molecule has 0 radical (unpaired) electrons. The molecule has 0 amide bonds. The van der Waals surface area contributed by atoms with Gasteiger partial charge >= 0.3 is 5.97 Å². The molecule has 0 spiro atoms. The summed E-state index contributed by atoms with van der Waals surface area (Å²) in [4.78, 5) is 11.0. The van der Waals surface area contributed by atoms with Crippen molar-refractivity contribution in [3.63, 3.8) is 0 Å². The van der Waals surface area contributed by atoms with Crippen LogP contribution < -0.4 is 0 Å². The van der Waals surface area contributed by atoms with E-state index in [-0.39, 0.29) is 12.1 Å². The van der Waals surface area contributed by atoms with E-state index in [0.717, 1.165) is 24.2 Å². The summed E-state index contributed by atoms with van der Waals surface area (Å²) in [6, 6.07) is 7.98. The van der Waals surface area contributed by atoms with Crippen LogP contribution in [0.15, 0.2) is 18.2 Å². The number of cyclic esters (lactones) is 1. The second-order valence-corrected chi connectivity index (χ2v) is 9.56. The number of carbonyl (C=O) groups excluding carboxylic acids is 1. The molecule has 150 valence electrons. The van der Waals surface area contributed by atoms with Gasteiger partial charge in [0.2, 0.25) is 0 Å². The maximum absolute atomic E-state index is 11.0. The van der Waals surface area contributed by atoms with E-state index in [4.69, 9.17) is 21.6 Å². The van der Waals surface area contributed by atoms with E-state index in [1.165, 1.54) is 63.4 Å². The Morgan fingerprint density at radius 3 is 2.18 bits per heavy atom. The quantitative estimate of drug-likeness (QED) is 0.564. The molecule has 0 bridgehead atoms. The first-order chi connectivity index (χ1) is 13.6. The standard InChI is InChI=1S/C24H30ClNO2/c25-22-13-17(5-8-21(22)15-26)2-1-16-3-6-18(7-4-16)19-9-11-20(12-10-19)23-14-24(27)28-23/h5,8,13,16,18-20,23H,1-4,6-7,9-12,14H2. The molecule has 1 unspecified atom stereocenters. The van der Waals surface area contributed by atoms with Crippen LogP contribution in [0.3, 0.4) is 0 Å². The normalized spacial score (nSPS) is 32.9. The largest absolute Gasteiger partial charge is 0.461 e. The molecule has 1 aromatic rings. The van der Waals surface area contributed by atoms with Gasteiger partial charge in [-0.15, -0.1) is 0 Å². The summed E-state index contributed by atoms with van der Waals surface area (Å²) >= 11 is 6.16. The van der Waals surface area contributed by atoms with Crippen LogP contribution in [0.5, 0.6) is 0 Å². The van der Waals surface area contributed by atoms with Gasteiger partial charge in [0.1, 0.15) is 12.2 Å². The van der Waals surface area contributed by atoms with Gasteiger partial charge in [0.15, 0.2) is 0 Å². The molecule has 1 saturated heterocycles. The van der Waals surface area contributed by atoms with E-state index in [2.05, 4.69) is 6.07 Å². The van der Waals surface area contributed by atoms with Crippen LogP contribution >= 0.6 is 11.6 Å². The van der Waals surface area contributed by atoms with Gasteiger partial charge in [-0.25, -0.2) is 0 Å². The Labute approximate surface area is 173 Å². The molecule has 2 aliphatic carbocycles. The molecule has 1 aromatic carbocycles. The monoisotopic (exact) mass is 399 g/mol. The highest BCUT2D eigenvalue weighted by molar-refractivity contribution is 6.31. The number of hydrogen-bond donors (Lipinski definition) is 0. The predicted octanol–water partition coefficient (Wildman–Crippen LogP) is 6.07. The lowest BCUT2D eigenvalue weighted by Gasteiger charge is -2.41. The lowest BCUT2D eigenvalue weighted by atomic mass is 9.67. The number of hydrogen-bond acceptors (Lipinski definition) is 3. The van der Waals surface area contributed by atoms with Crippen molar-refractivity contribution in [3.05, 3.63) is 34.3 Å². The molecule has 1 aliphatic heterocycles. The second-order valence-electron chi connectivity index (χ2n) is 9.15. The molecule has 4 rings (SSSR count). The van der Waals surface area contributed by atoms with Crippen LogP contribution in [0.1, 0.15) is 75.3 Å². The number of nitrogens with zero attached hydrogens (tertiary/aromatic N) is 1. The number of benzene rings is 1. The highest BCUT2D eigenvalue weighted by atomic mass is 35.5. The highest BCUT2D eigenvalue weighted by Crippen LogP contribution is 2.44. The topological polar surface area (TPSA) is 50.1 Å². The van der Waals surface area contributed by atoms with E-state index >= 15 is 0 Å². The van der Waals surface area contributed by atoms with E-state index in [1.54, 1.807) is 0 Å². The van der Waals surface area contributed by atoms with Gasteiger partial charge in [-0.1, -0.05) is 30.5 Å². The van der Waals surface area contributed by atoms with Crippen molar-refractivity contribution in [2.45, 2.75) is 76.7 Å². The first kappa shape index (κ1) is 19.8. The highest BCUT2D eigenvalue weighted by Gasteiger charge is 2.39. The summed E-state index contributed by atoms with van der Waals surface area (Å²) in [5.74, 6) is 3.26. The van der Waals surface area contributed by atoms with Crippen molar-refractivity contribution in [2.24, 2.45) is 23.7 Å². The van der Waals surface area contributed by atoms with Gasteiger partial charge in [0.25, 0.3) is 0 Å². The summed E-state index contributed by atoms with van der Waals surface area (Å²) in [6.07, 6.45) is 13.8. The van der Waals surface area contributed by atoms with E-state index in [1.807, 2.05) is 18.2 Å². The second kappa shape index (κ2) is 8.87. The number of aryl methyl sites for hydroxylation is 1. The summed E-state index contributed by atoms with van der Waals surface area (Å²) in [6.45, 7) is 0. The zero-order valence-corrected chi connectivity index (χ0v) is 17.3. The first-order valence-corrected chi connectivity index (χ1v) is 11.4. The van der Waals surface area contributed by atoms with Crippen molar-refractivity contribution >= 4 is 17.6 Å². The van der Waals surface area contributed by atoms with Crippen LogP contribution in [-0.2, 0) is 16.0 Å². The molecule has 3 fully saturated rings. The molecule has 1 atom stereocenters. The molecule has 0 aromatic heterocycles. The zero-order chi connectivity index (χ0) is 19.5. The SMILES string of the molecule is N#Cc1ccc(CCC2CCC(C3CCC(C4CC(=O)O4)CC3)CC2)cc1Cl. The van der Waals surface area contributed by atoms with Crippen molar-refractivity contribution in [3.8, 4) is 6.07 Å². The minimum Gasteiger partial charge on any atom is -0.461 e. The molecule has 3 aliphatic rings. The summed E-state index contributed by atoms with van der Waals surface area (Å²) < 4.78 is 5.29. The van der Waals surface area contributed by atoms with Crippen molar-refractivity contribution in [2.75, 3.05) is 0 Å². The molecule has 28 heavy (non-hydrogen) atoms. The molecule has 1 heterocycles. The van der Waals surface area contributed by atoms with Gasteiger partial charge in [-0.05, 0) is 92.7 Å². The Balaban J connectivity index is 1.17. The van der Waals surface area contributed by atoms with Gasteiger partial charge in [0, 0.05) is 0 Å². The molecule has 4 heteroatoms. The van der Waals surface area contributed by atoms with Crippen LogP contribution in [0.2, 0.25) is 5.02 Å². The Kier molecular flexibility index (Phi) is 6.26. The van der Waals surface area contributed by atoms with E-state index in [9.17, 15) is 4.79 Å². The lowest BCUT2D eigenvalue weighted by molar-refractivity contribution is -0.176. The maximum Gasteiger partial charge on any atom is 0.309 e. The molecule has 2 saturated carbocycles. The van der Waals surface area contributed by atoms with Crippen LogP contribution in [0.25, 0.3) is 0 Å². The molecule has 3 nitrogen and oxygen atoms in total. The molecular formula is C24H30ClNO2. The van der Waals surface area contributed by atoms with Gasteiger partial charge < -0.3 is 4.74 Å². The maximum atomic E-state index is 11.0. The average molecular weight is 400 g/mol. The van der Waals surface area contributed by atoms with E-state index in [0.29, 0.717) is 22.9 Å². The van der Waals surface area contributed by atoms with E-state index < -0.39 is 0 Å². The summed E-state index contributed by atoms with van der Waals surface area (Å²) in [5, 5.41) is 9.57. The van der Waals surface area contributed by atoms with Crippen LogP contribution in [0.4, 0.5) is 0 Å². The fourth-order valence-corrected chi connectivity index (χ4v) is 5.94. The third kappa shape index (κ3) is 4.54. The van der Waals surface area contributed by atoms with Crippen molar-refractivity contribution in [1.82, 2.24) is 0 Å². The summed E-state index contributed by atoms with van der Waals surface area (Å²) in [7, 11) is 0. The Morgan fingerprint density at radius 1 is 1.00 bits per heavy atom. The fraction of sp³-hybridized carbons (Fsp3) is 0.667. The summed E-state index contributed by atoms with van der Waals surface area (Å²) in [5.41, 5.74) is 1.82. The molecule has 0 N–H and O–H groups in total. The van der Waals surface area contributed by atoms with Crippen LogP contribution in [-0.4, -0.2) is 12.1 Å². The van der Waals surface area contributed by atoms with Gasteiger partial charge in [0.05, 0.1) is 17.0 Å². The number of esters is 1. The van der Waals surface area contributed by atoms with Gasteiger partial charge in [-0.3, -0.25) is 4.79 Å². The first-order valence-electron chi connectivity index (χ1n) is 11.0. The Morgan fingerprint density at radius 2 is 1.61 bits per heavy atom. The van der Waals surface area contributed by atoms with Gasteiger partial charge in [-0.2, -0.15) is 5.26 Å². The fourth-order valence-electron chi connectivity index (χ4n) is 5.70. The van der Waals surface area contributed by atoms with Crippen LogP contribution in [0, 0.1) is 35.0 Å². The predicted molar refractivity (Wildman–Crippen MR) is 110 cm³/mol. The van der Waals surface area contributed by atoms with Crippen molar-refractivity contribution < 1.29 is 9.53 Å². The minimum absolute atomic E-state index is 0.00581. The number of nitriles is 1. The smallest absolute Gasteiger partial charge is 0.309 e. The number of carbonyl (C=O) groups is 1. The van der Waals surface area contributed by atoms with Crippen molar-refractivity contribution in [1.29, 1.82) is 5.26 Å². The average Bonchev–Trinajstić information content (AvgIpc) is 2.71.